The quantitative estimate of drug-likeness (QED) is 0.563. The second-order valence-corrected chi connectivity index (χ2v) is 7.44. The van der Waals surface area contributed by atoms with Crippen molar-refractivity contribution in [1.82, 2.24) is 4.90 Å². The zero-order valence-corrected chi connectivity index (χ0v) is 15.4. The van der Waals surface area contributed by atoms with Crippen LogP contribution in [0.3, 0.4) is 0 Å². The fraction of sp³-hybridized carbons (Fsp3) is 0.611. The Kier molecular flexibility index (Phi) is 5.19. The van der Waals surface area contributed by atoms with Crippen LogP contribution in [0.1, 0.15) is 44.1 Å². The van der Waals surface area contributed by atoms with Crippen LogP contribution in [0, 0.1) is 5.92 Å². The molecular formula is C18H24Cl2N2O. The standard InChI is InChI=1S/C18H24Cl2N2O/c1-4-16(21-23-3)18-13(10-12-6-8-17(18)22(12)2)11-5-7-14(19)15(20)9-11/h5,7,9,12-13,17-18H,4,6,8,10H2,1-3H3/t12?,13-,17+,18+/m0/s1. The topological polar surface area (TPSA) is 24.8 Å². The molecular weight excluding hydrogens is 331 g/mol. The summed E-state index contributed by atoms with van der Waals surface area (Å²) in [5.74, 6) is 0.799. The van der Waals surface area contributed by atoms with E-state index >= 15 is 0 Å². The number of halogens is 2. The molecule has 0 aliphatic carbocycles. The average molecular weight is 355 g/mol. The van der Waals surface area contributed by atoms with Gasteiger partial charge in [-0.15, -0.1) is 0 Å². The van der Waals surface area contributed by atoms with Crippen molar-refractivity contribution in [3.63, 3.8) is 0 Å². The summed E-state index contributed by atoms with van der Waals surface area (Å²) >= 11 is 12.4. The van der Waals surface area contributed by atoms with Crippen molar-refractivity contribution < 1.29 is 4.84 Å². The maximum absolute atomic E-state index is 6.28. The molecule has 2 bridgehead atoms. The molecule has 0 spiro atoms. The molecule has 2 heterocycles. The van der Waals surface area contributed by atoms with Crippen LogP contribution in [0.4, 0.5) is 0 Å². The molecule has 23 heavy (non-hydrogen) atoms. The van der Waals surface area contributed by atoms with Crippen LogP contribution in [-0.4, -0.2) is 36.9 Å². The van der Waals surface area contributed by atoms with E-state index in [4.69, 9.17) is 28.0 Å². The van der Waals surface area contributed by atoms with Crippen LogP contribution in [0.5, 0.6) is 0 Å². The predicted molar refractivity (Wildman–Crippen MR) is 96.6 cm³/mol. The Bertz CT molecular complexity index is 605. The van der Waals surface area contributed by atoms with Gasteiger partial charge in [0.15, 0.2) is 0 Å². The lowest BCUT2D eigenvalue weighted by molar-refractivity contribution is 0.127. The smallest absolute Gasteiger partial charge is 0.106 e. The average Bonchev–Trinajstić information content (AvgIpc) is 2.78. The SMILES string of the molecule is CCC(=NOC)[C@@H]1[C@H]2CCC(C[C@H]1c1ccc(Cl)c(Cl)c1)N2C. The first-order valence-corrected chi connectivity index (χ1v) is 9.09. The van der Waals surface area contributed by atoms with E-state index in [1.807, 2.05) is 12.1 Å². The van der Waals surface area contributed by atoms with Crippen molar-refractivity contribution in [2.45, 2.75) is 50.6 Å². The van der Waals surface area contributed by atoms with Gasteiger partial charge in [0.25, 0.3) is 0 Å². The molecule has 0 amide bonds. The van der Waals surface area contributed by atoms with E-state index in [0.29, 0.717) is 34.0 Å². The van der Waals surface area contributed by atoms with E-state index < -0.39 is 0 Å². The minimum Gasteiger partial charge on any atom is -0.399 e. The van der Waals surface area contributed by atoms with Crippen molar-refractivity contribution in [2.75, 3.05) is 14.2 Å². The molecule has 1 aromatic rings. The summed E-state index contributed by atoms with van der Waals surface area (Å²) < 4.78 is 0. The van der Waals surface area contributed by atoms with Crippen molar-refractivity contribution in [1.29, 1.82) is 0 Å². The molecule has 0 aromatic heterocycles. The molecule has 2 saturated heterocycles. The van der Waals surface area contributed by atoms with E-state index in [2.05, 4.69) is 30.1 Å². The summed E-state index contributed by atoms with van der Waals surface area (Å²) in [6.07, 6.45) is 4.54. The van der Waals surface area contributed by atoms with E-state index in [9.17, 15) is 0 Å². The Morgan fingerprint density at radius 3 is 2.74 bits per heavy atom. The fourth-order valence-electron chi connectivity index (χ4n) is 4.49. The van der Waals surface area contributed by atoms with E-state index in [-0.39, 0.29) is 0 Å². The molecule has 1 aromatic carbocycles. The van der Waals surface area contributed by atoms with E-state index in [1.165, 1.54) is 18.4 Å². The Morgan fingerprint density at radius 1 is 1.30 bits per heavy atom. The zero-order valence-electron chi connectivity index (χ0n) is 13.9. The van der Waals surface area contributed by atoms with Crippen LogP contribution in [0.15, 0.2) is 23.4 Å². The van der Waals surface area contributed by atoms with Crippen LogP contribution in [0.25, 0.3) is 0 Å². The summed E-state index contributed by atoms with van der Waals surface area (Å²) in [7, 11) is 3.88. The molecule has 2 aliphatic rings. The summed E-state index contributed by atoms with van der Waals surface area (Å²) in [6, 6.07) is 7.25. The molecule has 0 radical (unpaired) electrons. The number of fused-ring (bicyclic) bond motifs is 2. The third kappa shape index (κ3) is 3.11. The minimum atomic E-state index is 0.376. The maximum atomic E-state index is 6.28. The van der Waals surface area contributed by atoms with Crippen molar-refractivity contribution in [2.24, 2.45) is 11.1 Å². The molecule has 3 rings (SSSR count). The van der Waals surface area contributed by atoms with Gasteiger partial charge in [0.2, 0.25) is 0 Å². The lowest BCUT2D eigenvalue weighted by Gasteiger charge is -2.43. The second-order valence-electron chi connectivity index (χ2n) is 6.62. The van der Waals surface area contributed by atoms with Crippen molar-refractivity contribution in [3.05, 3.63) is 33.8 Å². The third-order valence-corrected chi connectivity index (χ3v) is 6.34. The molecule has 0 N–H and O–H groups in total. The Labute approximate surface area is 148 Å². The number of nitrogens with zero attached hydrogens (tertiary/aromatic N) is 2. The second kappa shape index (κ2) is 7.00. The van der Waals surface area contributed by atoms with Gasteiger partial charge in [-0.1, -0.05) is 41.3 Å². The Hall–Kier alpha value is -0.770. The van der Waals surface area contributed by atoms with Gasteiger partial charge in [-0.3, -0.25) is 4.90 Å². The number of hydrogen-bond acceptors (Lipinski definition) is 3. The Morgan fingerprint density at radius 2 is 2.09 bits per heavy atom. The predicted octanol–water partition coefficient (Wildman–Crippen LogP) is 4.97. The fourth-order valence-corrected chi connectivity index (χ4v) is 4.79. The van der Waals surface area contributed by atoms with Gasteiger partial charge >= 0.3 is 0 Å². The number of piperidine rings is 1. The van der Waals surface area contributed by atoms with Crippen LogP contribution >= 0.6 is 23.2 Å². The molecule has 2 fully saturated rings. The van der Waals surface area contributed by atoms with Crippen molar-refractivity contribution in [3.8, 4) is 0 Å². The highest BCUT2D eigenvalue weighted by Gasteiger charge is 2.47. The molecule has 5 heteroatoms. The highest BCUT2D eigenvalue weighted by atomic mass is 35.5. The van der Waals surface area contributed by atoms with Gasteiger partial charge in [0.1, 0.15) is 7.11 Å². The van der Waals surface area contributed by atoms with E-state index in [1.54, 1.807) is 7.11 Å². The van der Waals surface area contributed by atoms with Gasteiger partial charge in [-0.25, -0.2) is 0 Å². The van der Waals surface area contributed by atoms with Gasteiger partial charge < -0.3 is 4.84 Å². The molecule has 0 saturated carbocycles. The first-order chi connectivity index (χ1) is 11.1. The van der Waals surface area contributed by atoms with Crippen molar-refractivity contribution >= 4 is 28.9 Å². The Balaban J connectivity index is 2.01. The molecule has 126 valence electrons. The van der Waals surface area contributed by atoms with E-state index in [0.717, 1.165) is 18.6 Å². The molecule has 2 aliphatic heterocycles. The highest BCUT2D eigenvalue weighted by molar-refractivity contribution is 6.42. The summed E-state index contributed by atoms with van der Waals surface area (Å²) in [5.41, 5.74) is 2.42. The first-order valence-electron chi connectivity index (χ1n) is 8.33. The van der Waals surface area contributed by atoms with Gasteiger partial charge in [-0.2, -0.15) is 0 Å². The monoisotopic (exact) mass is 354 g/mol. The molecule has 4 atom stereocenters. The van der Waals surface area contributed by atoms with Gasteiger partial charge in [0, 0.05) is 18.0 Å². The van der Waals surface area contributed by atoms with Gasteiger partial charge in [-0.05, 0) is 56.3 Å². The summed E-state index contributed by atoms with van der Waals surface area (Å²) in [4.78, 5) is 7.68. The number of oxime groups is 1. The summed E-state index contributed by atoms with van der Waals surface area (Å²) in [5, 5.41) is 5.61. The maximum Gasteiger partial charge on any atom is 0.106 e. The largest absolute Gasteiger partial charge is 0.399 e. The lowest BCUT2D eigenvalue weighted by atomic mass is 9.73. The highest BCUT2D eigenvalue weighted by Crippen LogP contribution is 2.47. The summed E-state index contributed by atoms with van der Waals surface area (Å²) in [6.45, 7) is 2.16. The molecule has 3 nitrogen and oxygen atoms in total. The number of rotatable bonds is 4. The van der Waals surface area contributed by atoms with Gasteiger partial charge in [0.05, 0.1) is 15.8 Å². The lowest BCUT2D eigenvalue weighted by Crippen LogP contribution is -2.48. The number of hydrogen-bond donors (Lipinski definition) is 0. The number of benzene rings is 1. The molecule has 1 unspecified atom stereocenters. The van der Waals surface area contributed by atoms with Crippen LogP contribution in [-0.2, 0) is 4.84 Å². The van der Waals surface area contributed by atoms with Crippen LogP contribution in [0.2, 0.25) is 10.0 Å². The normalized spacial score (nSPS) is 31.4. The van der Waals surface area contributed by atoms with Crippen LogP contribution < -0.4 is 0 Å². The third-order valence-electron chi connectivity index (χ3n) is 5.60. The first kappa shape index (κ1) is 17.1. The minimum absolute atomic E-state index is 0.376. The zero-order chi connectivity index (χ0) is 16.6.